The van der Waals surface area contributed by atoms with Crippen LogP contribution in [0.5, 0.6) is 0 Å². The van der Waals surface area contributed by atoms with Crippen LogP contribution in [-0.4, -0.2) is 105 Å². The summed E-state index contributed by atoms with van der Waals surface area (Å²) in [5, 5.41) is 17.8. The molecule has 0 spiro atoms. The minimum atomic E-state index is -1.01. The van der Waals surface area contributed by atoms with Gasteiger partial charge in [-0.1, -0.05) is 17.6 Å². The number of rotatable bonds is 23. The molecule has 0 radical (unpaired) electrons. The lowest BCUT2D eigenvalue weighted by molar-refractivity contribution is -0.137. The third-order valence-corrected chi connectivity index (χ3v) is 6.00. The lowest BCUT2D eigenvalue weighted by Crippen LogP contribution is -2.34. The van der Waals surface area contributed by atoms with E-state index in [2.05, 4.69) is 10.8 Å². The molecular weight excluding hydrogens is 482 g/mol. The van der Waals surface area contributed by atoms with Crippen LogP contribution < -0.4 is 0 Å². The first kappa shape index (κ1) is 32.7. The van der Waals surface area contributed by atoms with Crippen molar-refractivity contribution in [2.24, 2.45) is 5.92 Å². The van der Waals surface area contributed by atoms with Gasteiger partial charge in [-0.2, -0.15) is 0 Å². The summed E-state index contributed by atoms with van der Waals surface area (Å²) < 4.78 is 21.3. The molecule has 10 nitrogen and oxygen atoms in total. The van der Waals surface area contributed by atoms with Crippen molar-refractivity contribution in [3.63, 3.8) is 0 Å². The Kier molecular flexibility index (Phi) is 19.3. The number of Topliss-reactive ketones (excluding diaryl/α,β-unsaturated/α-hetero) is 1. The van der Waals surface area contributed by atoms with Crippen LogP contribution in [-0.2, 0) is 33.3 Å². The topological polar surface area (TPSA) is 132 Å². The number of piperidine rings is 1. The van der Waals surface area contributed by atoms with Crippen LogP contribution in [0.15, 0.2) is 11.6 Å². The predicted octanol–water partition coefficient (Wildman–Crippen LogP) is 2.40. The normalized spacial score (nSPS) is 14.2. The Labute approximate surface area is 220 Å². The highest BCUT2D eigenvalue weighted by Gasteiger charge is 2.19. The molecule has 1 aliphatic heterocycles. The molecule has 1 saturated heterocycles. The minimum Gasteiger partial charge on any atom is -0.481 e. The molecule has 0 atom stereocenters. The molecule has 2 N–H and O–H groups in total. The number of terminal acetylenes is 1. The van der Waals surface area contributed by atoms with Crippen LogP contribution in [0.4, 0.5) is 0 Å². The molecule has 0 saturated carbocycles. The third-order valence-electron chi connectivity index (χ3n) is 6.00. The fourth-order valence-electron chi connectivity index (χ4n) is 4.01. The van der Waals surface area contributed by atoms with E-state index in [-0.39, 0.29) is 25.2 Å². The van der Waals surface area contributed by atoms with Crippen LogP contribution in [0.25, 0.3) is 0 Å². The van der Waals surface area contributed by atoms with E-state index < -0.39 is 11.9 Å². The second kappa shape index (κ2) is 21.8. The molecule has 1 heterocycles. The first-order valence-electron chi connectivity index (χ1n) is 13.0. The number of carbonyl (C=O) groups is 3. The summed E-state index contributed by atoms with van der Waals surface area (Å²) in [6.07, 6.45) is 10.9. The Morgan fingerprint density at radius 1 is 0.838 bits per heavy atom. The van der Waals surface area contributed by atoms with Crippen LogP contribution in [0, 0.1) is 18.3 Å². The molecule has 0 aromatic heterocycles. The molecule has 0 aromatic rings. The van der Waals surface area contributed by atoms with Gasteiger partial charge in [-0.05, 0) is 44.7 Å². The van der Waals surface area contributed by atoms with Crippen molar-refractivity contribution in [2.75, 3.05) is 72.5 Å². The zero-order valence-corrected chi connectivity index (χ0v) is 21.9. The van der Waals surface area contributed by atoms with Gasteiger partial charge >= 0.3 is 11.9 Å². The highest BCUT2D eigenvalue weighted by atomic mass is 16.6. The lowest BCUT2D eigenvalue weighted by Gasteiger charge is -2.31. The molecule has 1 rings (SSSR count). The van der Waals surface area contributed by atoms with Crippen LogP contribution >= 0.6 is 0 Å². The van der Waals surface area contributed by atoms with E-state index in [0.29, 0.717) is 77.0 Å². The van der Waals surface area contributed by atoms with E-state index in [4.69, 9.17) is 35.6 Å². The molecule has 0 aromatic carbocycles. The van der Waals surface area contributed by atoms with E-state index in [0.717, 1.165) is 38.9 Å². The minimum absolute atomic E-state index is 0.221. The third kappa shape index (κ3) is 19.5. The van der Waals surface area contributed by atoms with Crippen molar-refractivity contribution < 1.29 is 43.5 Å². The number of carboxylic acid groups (broad SMARTS) is 2. The Bertz CT molecular complexity index is 706. The number of ether oxygens (including phenoxy) is 4. The monoisotopic (exact) mass is 525 g/mol. The molecule has 0 amide bonds. The van der Waals surface area contributed by atoms with Crippen LogP contribution in [0.3, 0.4) is 0 Å². The molecule has 0 unspecified atom stereocenters. The predicted molar refractivity (Wildman–Crippen MR) is 137 cm³/mol. The van der Waals surface area contributed by atoms with E-state index >= 15 is 0 Å². The zero-order chi connectivity index (χ0) is 27.1. The van der Waals surface area contributed by atoms with E-state index in [1.165, 1.54) is 0 Å². The van der Waals surface area contributed by atoms with Gasteiger partial charge in [-0.15, -0.1) is 6.42 Å². The number of hydrogen-bond acceptors (Lipinski definition) is 8. The highest BCUT2D eigenvalue weighted by molar-refractivity contribution is 5.78. The second-order valence-corrected chi connectivity index (χ2v) is 9.00. The first-order valence-corrected chi connectivity index (χ1v) is 13.0. The number of likely N-dealkylation sites (tertiary alicyclic amines) is 1. The van der Waals surface area contributed by atoms with Crippen molar-refractivity contribution in [3.05, 3.63) is 11.6 Å². The lowest BCUT2D eigenvalue weighted by atomic mass is 9.91. The Morgan fingerprint density at radius 2 is 1.38 bits per heavy atom. The van der Waals surface area contributed by atoms with E-state index in [1.807, 2.05) is 0 Å². The van der Waals surface area contributed by atoms with Gasteiger partial charge in [0.05, 0.1) is 59.1 Å². The average molecular weight is 526 g/mol. The summed E-state index contributed by atoms with van der Waals surface area (Å²) in [6.45, 7) is 6.16. The quantitative estimate of drug-likeness (QED) is 0.116. The SMILES string of the molecule is C#CCOCCOCCOCCOCCC(=O)CCC1CCN(CCC=C(CC(=O)O)CC(=O)O)CC1. The number of ketones is 1. The Balaban J connectivity index is 2.00. The Morgan fingerprint density at radius 3 is 1.92 bits per heavy atom. The van der Waals surface area contributed by atoms with Crippen LogP contribution in [0.1, 0.15) is 51.4 Å². The van der Waals surface area contributed by atoms with Crippen LogP contribution in [0.2, 0.25) is 0 Å². The van der Waals surface area contributed by atoms with Crippen molar-refractivity contribution in [3.8, 4) is 12.3 Å². The van der Waals surface area contributed by atoms with Crippen molar-refractivity contribution >= 4 is 17.7 Å². The molecule has 10 heteroatoms. The fourth-order valence-corrected chi connectivity index (χ4v) is 4.01. The van der Waals surface area contributed by atoms with Gasteiger partial charge in [0.1, 0.15) is 12.4 Å². The highest BCUT2D eigenvalue weighted by Crippen LogP contribution is 2.22. The van der Waals surface area contributed by atoms with Crippen molar-refractivity contribution in [1.29, 1.82) is 0 Å². The first-order chi connectivity index (χ1) is 17.9. The number of carboxylic acids is 2. The van der Waals surface area contributed by atoms with Gasteiger partial charge in [-0.25, -0.2) is 0 Å². The maximum absolute atomic E-state index is 12.2. The standard InChI is InChI=1S/C27H43NO9/c1-2-13-34-15-17-36-19-20-37-18-16-35-14-9-25(29)6-5-23-7-11-28(12-8-23)10-3-4-24(21-26(30)31)22-27(32)33/h1,4,23H,3,5-22H2,(H,30,31)(H,32,33). The van der Waals surface area contributed by atoms with Gasteiger partial charge in [0.15, 0.2) is 0 Å². The van der Waals surface area contributed by atoms with Gasteiger partial charge in [0.2, 0.25) is 0 Å². The maximum atomic E-state index is 12.2. The van der Waals surface area contributed by atoms with Gasteiger partial charge < -0.3 is 34.1 Å². The number of hydrogen-bond donors (Lipinski definition) is 2. The van der Waals surface area contributed by atoms with Gasteiger partial charge in [-0.3, -0.25) is 14.4 Å². The summed E-state index contributed by atoms with van der Waals surface area (Å²) in [4.78, 5) is 36.2. The fraction of sp³-hybridized carbons (Fsp3) is 0.741. The molecular formula is C27H43NO9. The van der Waals surface area contributed by atoms with E-state index in [1.54, 1.807) is 6.08 Å². The molecule has 1 aliphatic rings. The number of carbonyl (C=O) groups excluding carboxylic acids is 1. The van der Waals surface area contributed by atoms with Crippen molar-refractivity contribution in [2.45, 2.75) is 51.4 Å². The number of nitrogens with zero attached hydrogens (tertiary/aromatic N) is 1. The summed E-state index contributed by atoms with van der Waals surface area (Å²) in [5.74, 6) is 1.11. The molecule has 210 valence electrons. The van der Waals surface area contributed by atoms with Gasteiger partial charge in [0.25, 0.3) is 0 Å². The summed E-state index contributed by atoms with van der Waals surface area (Å²) in [7, 11) is 0. The molecule has 1 fully saturated rings. The summed E-state index contributed by atoms with van der Waals surface area (Å²) in [5.41, 5.74) is 0.439. The molecule has 37 heavy (non-hydrogen) atoms. The second-order valence-electron chi connectivity index (χ2n) is 9.00. The average Bonchev–Trinajstić information content (AvgIpc) is 2.85. The maximum Gasteiger partial charge on any atom is 0.307 e. The summed E-state index contributed by atoms with van der Waals surface area (Å²) >= 11 is 0. The number of aliphatic carboxylic acids is 2. The molecule has 0 bridgehead atoms. The summed E-state index contributed by atoms with van der Waals surface area (Å²) in [6, 6.07) is 0. The molecule has 0 aliphatic carbocycles. The van der Waals surface area contributed by atoms with Crippen molar-refractivity contribution in [1.82, 2.24) is 4.90 Å². The largest absolute Gasteiger partial charge is 0.481 e. The zero-order valence-electron chi connectivity index (χ0n) is 21.9. The van der Waals surface area contributed by atoms with E-state index in [9.17, 15) is 14.4 Å². The van der Waals surface area contributed by atoms with Gasteiger partial charge in [0, 0.05) is 19.4 Å². The Hall–Kier alpha value is -2.29. The smallest absolute Gasteiger partial charge is 0.307 e.